The van der Waals surface area contributed by atoms with Gasteiger partial charge in [0, 0.05) is 23.0 Å². The van der Waals surface area contributed by atoms with E-state index in [2.05, 4.69) is 32.0 Å². The van der Waals surface area contributed by atoms with Gasteiger partial charge in [0.2, 0.25) is 0 Å². The molecule has 0 aliphatic carbocycles. The maximum Gasteiger partial charge on any atom is 0.290 e. The molecule has 11 nitrogen and oxygen atoms in total. The monoisotopic (exact) mass is 605 g/mol. The molecule has 0 saturated carbocycles. The largest absolute Gasteiger partial charge is 0.497 e. The van der Waals surface area contributed by atoms with Crippen LogP contribution in [0.25, 0.3) is 11.3 Å². The van der Waals surface area contributed by atoms with Gasteiger partial charge < -0.3 is 24.8 Å². The number of rotatable bonds is 10. The standard InChI is InChI=1S/C30H33N5O4S.CH2O2/c1-35-17-15-22(16-18-35)20-39-27-9-3-23(4-10-27)29-19-30(32-21-31-29)33-24-5-7-25(8-6-24)34-40(36,37)28-13-11-26(38-2)12-14-28;2-1-3/h3-14,19,21-22,34H,15-18,20H2,1-2H3,(H,31,32,33);1H,(H,2,3). The van der Waals surface area contributed by atoms with Crippen molar-refractivity contribution in [2.45, 2.75) is 17.7 Å². The zero-order valence-corrected chi connectivity index (χ0v) is 24.8. The number of likely N-dealkylation sites (tertiary alicyclic amines) is 1. The molecule has 0 amide bonds. The number of benzene rings is 3. The Morgan fingerprint density at radius 3 is 2.16 bits per heavy atom. The molecule has 1 saturated heterocycles. The molecule has 4 aromatic rings. The molecule has 43 heavy (non-hydrogen) atoms. The van der Waals surface area contributed by atoms with Crippen molar-refractivity contribution in [2.24, 2.45) is 5.92 Å². The summed E-state index contributed by atoms with van der Waals surface area (Å²) in [6.45, 7) is 2.76. The van der Waals surface area contributed by atoms with Gasteiger partial charge >= 0.3 is 0 Å². The molecule has 1 fully saturated rings. The van der Waals surface area contributed by atoms with E-state index in [1.807, 2.05) is 30.3 Å². The molecule has 0 radical (unpaired) electrons. The lowest BCUT2D eigenvalue weighted by Gasteiger charge is -2.28. The quantitative estimate of drug-likeness (QED) is 0.209. The van der Waals surface area contributed by atoms with Gasteiger partial charge in [0.25, 0.3) is 16.5 Å². The lowest BCUT2D eigenvalue weighted by molar-refractivity contribution is -0.122. The first-order chi connectivity index (χ1) is 20.8. The topological polar surface area (TPSA) is 143 Å². The van der Waals surface area contributed by atoms with Crippen LogP contribution in [-0.2, 0) is 14.8 Å². The van der Waals surface area contributed by atoms with E-state index in [4.69, 9.17) is 19.4 Å². The summed E-state index contributed by atoms with van der Waals surface area (Å²) < 4.78 is 39.1. The molecule has 1 aliphatic rings. The van der Waals surface area contributed by atoms with Gasteiger partial charge in [-0.2, -0.15) is 0 Å². The summed E-state index contributed by atoms with van der Waals surface area (Å²) in [7, 11) is -0.0215. The maximum atomic E-state index is 12.7. The van der Waals surface area contributed by atoms with E-state index in [0.717, 1.165) is 42.4 Å². The second kappa shape index (κ2) is 15.0. The smallest absolute Gasteiger partial charge is 0.290 e. The third kappa shape index (κ3) is 9.15. The second-order valence-corrected chi connectivity index (χ2v) is 11.6. The van der Waals surface area contributed by atoms with E-state index in [1.54, 1.807) is 36.4 Å². The molecule has 1 aromatic heterocycles. The molecular formula is C31H35N5O6S. The average molecular weight is 606 g/mol. The molecule has 226 valence electrons. The van der Waals surface area contributed by atoms with Crippen LogP contribution in [0.3, 0.4) is 0 Å². The van der Waals surface area contributed by atoms with Crippen LogP contribution in [0.4, 0.5) is 17.2 Å². The van der Waals surface area contributed by atoms with E-state index in [-0.39, 0.29) is 11.4 Å². The lowest BCUT2D eigenvalue weighted by atomic mass is 9.98. The van der Waals surface area contributed by atoms with Crippen molar-refractivity contribution in [3.63, 3.8) is 0 Å². The number of nitrogens with zero attached hydrogens (tertiary/aromatic N) is 3. The summed E-state index contributed by atoms with van der Waals surface area (Å²) >= 11 is 0. The second-order valence-electron chi connectivity index (χ2n) is 9.96. The Balaban J connectivity index is 0.00000135. The fraction of sp³-hybridized carbons (Fsp3) is 0.258. The van der Waals surface area contributed by atoms with Gasteiger partial charge in [-0.3, -0.25) is 9.52 Å². The SMILES string of the molecule is COc1ccc(S(=O)(=O)Nc2ccc(Nc3cc(-c4ccc(OCC5CCN(C)CC5)cc4)ncn3)cc2)cc1.O=CO. The van der Waals surface area contributed by atoms with Crippen molar-refractivity contribution in [1.29, 1.82) is 0 Å². The summed E-state index contributed by atoms with van der Waals surface area (Å²) in [4.78, 5) is 19.6. The van der Waals surface area contributed by atoms with Gasteiger partial charge in [0.05, 0.1) is 24.3 Å². The van der Waals surface area contributed by atoms with E-state index < -0.39 is 10.0 Å². The fourth-order valence-electron chi connectivity index (χ4n) is 4.49. The number of methoxy groups -OCH3 is 1. The Morgan fingerprint density at radius 2 is 1.53 bits per heavy atom. The Labute approximate surface area is 251 Å². The van der Waals surface area contributed by atoms with E-state index in [0.29, 0.717) is 23.2 Å². The summed E-state index contributed by atoms with van der Waals surface area (Å²) in [5.74, 6) is 2.68. The van der Waals surface area contributed by atoms with Crippen LogP contribution in [0.15, 0.2) is 90.1 Å². The Morgan fingerprint density at radius 1 is 0.930 bits per heavy atom. The Kier molecular flexibility index (Phi) is 10.9. The van der Waals surface area contributed by atoms with E-state index in [9.17, 15) is 8.42 Å². The third-order valence-electron chi connectivity index (χ3n) is 6.92. The number of piperidine rings is 1. The highest BCUT2D eigenvalue weighted by Crippen LogP contribution is 2.26. The molecule has 3 N–H and O–H groups in total. The number of sulfonamides is 1. The zero-order chi connectivity index (χ0) is 30.7. The van der Waals surface area contributed by atoms with Gasteiger partial charge in [0.15, 0.2) is 0 Å². The van der Waals surface area contributed by atoms with Gasteiger partial charge in [-0.15, -0.1) is 0 Å². The van der Waals surface area contributed by atoms with E-state index in [1.165, 1.54) is 38.4 Å². The van der Waals surface area contributed by atoms with E-state index >= 15 is 0 Å². The molecule has 5 rings (SSSR count). The first-order valence-electron chi connectivity index (χ1n) is 13.7. The number of ether oxygens (including phenoxy) is 2. The van der Waals surface area contributed by atoms with Gasteiger partial charge in [-0.25, -0.2) is 18.4 Å². The number of carboxylic acid groups (broad SMARTS) is 1. The fourth-order valence-corrected chi connectivity index (χ4v) is 5.55. The molecule has 0 unspecified atom stereocenters. The van der Waals surface area contributed by atoms with Crippen LogP contribution < -0.4 is 19.5 Å². The molecule has 0 atom stereocenters. The highest BCUT2D eigenvalue weighted by molar-refractivity contribution is 7.92. The van der Waals surface area contributed by atoms with Crippen LogP contribution in [0.2, 0.25) is 0 Å². The van der Waals surface area contributed by atoms with Crippen molar-refractivity contribution in [2.75, 3.05) is 43.9 Å². The third-order valence-corrected chi connectivity index (χ3v) is 8.32. The number of hydrogen-bond acceptors (Lipinski definition) is 9. The number of nitrogens with one attached hydrogen (secondary N) is 2. The molecule has 2 heterocycles. The highest BCUT2D eigenvalue weighted by atomic mass is 32.2. The molecule has 0 spiro atoms. The number of aromatic nitrogens is 2. The Bertz CT molecular complexity index is 1560. The van der Waals surface area contributed by atoms with Crippen molar-refractivity contribution in [1.82, 2.24) is 14.9 Å². The Hall–Kier alpha value is -4.68. The van der Waals surface area contributed by atoms with Crippen molar-refractivity contribution < 1.29 is 27.8 Å². The lowest BCUT2D eigenvalue weighted by Crippen LogP contribution is -2.32. The van der Waals surface area contributed by atoms with Gasteiger partial charge in [0.1, 0.15) is 23.6 Å². The molecular weight excluding hydrogens is 570 g/mol. The van der Waals surface area contributed by atoms with Crippen LogP contribution in [0.5, 0.6) is 11.5 Å². The first kappa shape index (κ1) is 31.3. The summed E-state index contributed by atoms with van der Waals surface area (Å²) in [6.07, 6.45) is 3.86. The van der Waals surface area contributed by atoms with Gasteiger partial charge in [-0.1, -0.05) is 0 Å². The average Bonchev–Trinajstić information content (AvgIpc) is 3.02. The van der Waals surface area contributed by atoms with Crippen LogP contribution >= 0.6 is 0 Å². The maximum absolute atomic E-state index is 12.7. The van der Waals surface area contributed by atoms with Gasteiger partial charge in [-0.05, 0) is 112 Å². The number of anilines is 3. The van der Waals surface area contributed by atoms with Crippen molar-refractivity contribution >= 4 is 33.7 Å². The zero-order valence-electron chi connectivity index (χ0n) is 24.0. The van der Waals surface area contributed by atoms with Crippen LogP contribution in [-0.4, -0.2) is 68.7 Å². The number of carbonyl (C=O) groups is 1. The summed E-state index contributed by atoms with van der Waals surface area (Å²) in [5, 5.41) is 10.1. The minimum absolute atomic E-state index is 0.154. The molecule has 1 aliphatic heterocycles. The summed E-state index contributed by atoms with van der Waals surface area (Å²) in [5.41, 5.74) is 2.95. The molecule has 3 aromatic carbocycles. The normalized spacial score (nSPS) is 13.7. The predicted molar refractivity (Wildman–Crippen MR) is 165 cm³/mol. The molecule has 12 heteroatoms. The number of hydrogen-bond donors (Lipinski definition) is 3. The minimum Gasteiger partial charge on any atom is -0.497 e. The highest BCUT2D eigenvalue weighted by Gasteiger charge is 2.17. The van der Waals surface area contributed by atoms with Crippen molar-refractivity contribution in [3.05, 3.63) is 85.2 Å². The first-order valence-corrected chi connectivity index (χ1v) is 15.1. The van der Waals surface area contributed by atoms with Crippen molar-refractivity contribution in [3.8, 4) is 22.8 Å². The predicted octanol–water partition coefficient (Wildman–Crippen LogP) is 5.12. The minimum atomic E-state index is -3.72. The van der Waals surface area contributed by atoms with Crippen LogP contribution in [0.1, 0.15) is 12.8 Å². The van der Waals surface area contributed by atoms with Crippen LogP contribution in [0, 0.1) is 5.92 Å². The summed E-state index contributed by atoms with van der Waals surface area (Å²) in [6, 6.07) is 23.0. The molecule has 0 bridgehead atoms.